The fourth-order valence-electron chi connectivity index (χ4n) is 3.66. The monoisotopic (exact) mass is 328 g/mol. The summed E-state index contributed by atoms with van der Waals surface area (Å²) in [6.45, 7) is 9.87. The Bertz CT molecular complexity index is 457. The van der Waals surface area contributed by atoms with Gasteiger partial charge in [0.05, 0.1) is 17.2 Å². The van der Waals surface area contributed by atoms with Gasteiger partial charge in [-0.3, -0.25) is 9.80 Å². The Hall–Kier alpha value is -0.130. The number of ether oxygens (including phenoxy) is 1. The molecular formula is C16H25ClN2OS. The molecule has 2 aliphatic rings. The second-order valence-corrected chi connectivity index (χ2v) is 7.84. The SMILES string of the molecule is C[C@@H]1CN(C[C@H]2CCCN2Cc2sccc2Cl)C[C@H](C)O1. The lowest BCUT2D eigenvalue weighted by molar-refractivity contribution is -0.0724. The van der Waals surface area contributed by atoms with E-state index in [9.17, 15) is 0 Å². The van der Waals surface area contributed by atoms with Crippen molar-refractivity contribution in [3.05, 3.63) is 21.3 Å². The quantitative estimate of drug-likeness (QED) is 0.841. The molecule has 2 aliphatic heterocycles. The van der Waals surface area contributed by atoms with Crippen LogP contribution in [0.4, 0.5) is 0 Å². The van der Waals surface area contributed by atoms with Crippen molar-refractivity contribution in [3.8, 4) is 0 Å². The molecule has 0 aliphatic carbocycles. The first-order chi connectivity index (χ1) is 10.1. The number of morpholine rings is 1. The third kappa shape index (κ3) is 3.99. The van der Waals surface area contributed by atoms with E-state index in [2.05, 4.69) is 29.0 Å². The summed E-state index contributed by atoms with van der Waals surface area (Å²) >= 11 is 8.03. The van der Waals surface area contributed by atoms with Gasteiger partial charge in [0.15, 0.2) is 0 Å². The second-order valence-electron chi connectivity index (χ2n) is 6.43. The number of thiophene rings is 1. The molecule has 3 atom stereocenters. The first-order valence-corrected chi connectivity index (χ1v) is 9.21. The average Bonchev–Trinajstić information content (AvgIpc) is 3.00. The maximum atomic E-state index is 6.25. The van der Waals surface area contributed by atoms with Crippen molar-refractivity contribution in [2.45, 2.75) is 51.5 Å². The first kappa shape index (κ1) is 15.8. The molecule has 1 aromatic heterocycles. The number of rotatable bonds is 4. The molecule has 0 N–H and O–H groups in total. The Kier molecular flexibility index (Phi) is 5.23. The molecule has 2 saturated heterocycles. The van der Waals surface area contributed by atoms with Crippen molar-refractivity contribution < 1.29 is 4.74 Å². The predicted octanol–water partition coefficient (Wildman–Crippen LogP) is 3.48. The molecule has 5 heteroatoms. The highest BCUT2D eigenvalue weighted by molar-refractivity contribution is 7.10. The molecule has 3 heterocycles. The summed E-state index contributed by atoms with van der Waals surface area (Å²) in [6, 6.07) is 2.68. The molecule has 0 amide bonds. The van der Waals surface area contributed by atoms with Crippen LogP contribution in [0.5, 0.6) is 0 Å². The summed E-state index contributed by atoms with van der Waals surface area (Å²) in [5.74, 6) is 0. The Labute approximate surface area is 136 Å². The van der Waals surface area contributed by atoms with Crippen molar-refractivity contribution in [2.24, 2.45) is 0 Å². The van der Waals surface area contributed by atoms with Gasteiger partial charge in [0, 0.05) is 37.1 Å². The first-order valence-electron chi connectivity index (χ1n) is 7.95. The fraction of sp³-hybridized carbons (Fsp3) is 0.750. The Balaban J connectivity index is 1.58. The molecule has 3 rings (SSSR count). The van der Waals surface area contributed by atoms with Crippen LogP contribution in [0.25, 0.3) is 0 Å². The van der Waals surface area contributed by atoms with Crippen LogP contribution >= 0.6 is 22.9 Å². The van der Waals surface area contributed by atoms with Gasteiger partial charge in [-0.05, 0) is 44.7 Å². The summed E-state index contributed by atoms with van der Waals surface area (Å²) in [6.07, 6.45) is 3.33. The van der Waals surface area contributed by atoms with E-state index in [-0.39, 0.29) is 0 Å². The fourth-order valence-corrected chi connectivity index (χ4v) is 4.78. The Morgan fingerprint density at radius 1 is 1.33 bits per heavy atom. The highest BCUT2D eigenvalue weighted by Gasteiger charge is 2.30. The maximum absolute atomic E-state index is 6.25. The standard InChI is InChI=1S/C16H25ClN2OS/c1-12-8-18(9-13(2)20-12)10-14-4-3-6-19(14)11-16-15(17)5-7-21-16/h5,7,12-14H,3-4,6,8-11H2,1-2H3/t12-,13+,14-/m1/s1. The zero-order valence-electron chi connectivity index (χ0n) is 12.9. The minimum atomic E-state index is 0.357. The normalized spacial score (nSPS) is 31.9. The average molecular weight is 329 g/mol. The lowest BCUT2D eigenvalue weighted by Gasteiger charge is -2.38. The summed E-state index contributed by atoms with van der Waals surface area (Å²) in [7, 11) is 0. The van der Waals surface area contributed by atoms with Crippen LogP contribution in [0.15, 0.2) is 11.4 Å². The molecule has 118 valence electrons. The molecule has 2 fully saturated rings. The smallest absolute Gasteiger partial charge is 0.0678 e. The molecule has 0 radical (unpaired) electrons. The number of hydrogen-bond donors (Lipinski definition) is 0. The molecule has 1 aromatic rings. The van der Waals surface area contributed by atoms with Crippen LogP contribution in [0.2, 0.25) is 5.02 Å². The van der Waals surface area contributed by atoms with Gasteiger partial charge in [-0.15, -0.1) is 11.3 Å². The Morgan fingerprint density at radius 2 is 2.10 bits per heavy atom. The van der Waals surface area contributed by atoms with Gasteiger partial charge in [-0.2, -0.15) is 0 Å². The highest BCUT2D eigenvalue weighted by atomic mass is 35.5. The number of hydrogen-bond acceptors (Lipinski definition) is 4. The van der Waals surface area contributed by atoms with E-state index in [1.165, 1.54) is 30.8 Å². The molecule has 3 nitrogen and oxygen atoms in total. The summed E-state index contributed by atoms with van der Waals surface area (Å²) in [5.41, 5.74) is 0. The lowest BCUT2D eigenvalue weighted by Crippen LogP contribution is -2.49. The predicted molar refractivity (Wildman–Crippen MR) is 89.2 cm³/mol. The van der Waals surface area contributed by atoms with Crippen LogP contribution < -0.4 is 0 Å². The second kappa shape index (κ2) is 6.97. The zero-order valence-corrected chi connectivity index (χ0v) is 14.5. The largest absolute Gasteiger partial charge is 0.373 e. The van der Waals surface area contributed by atoms with Crippen LogP contribution in [-0.2, 0) is 11.3 Å². The minimum Gasteiger partial charge on any atom is -0.373 e. The van der Waals surface area contributed by atoms with E-state index < -0.39 is 0 Å². The number of halogens is 1. The van der Waals surface area contributed by atoms with Crippen molar-refractivity contribution >= 4 is 22.9 Å². The van der Waals surface area contributed by atoms with Crippen molar-refractivity contribution in [3.63, 3.8) is 0 Å². The summed E-state index contributed by atoms with van der Waals surface area (Å²) < 4.78 is 5.84. The van der Waals surface area contributed by atoms with Crippen molar-refractivity contribution in [1.82, 2.24) is 9.80 Å². The maximum Gasteiger partial charge on any atom is 0.0678 e. The third-order valence-electron chi connectivity index (χ3n) is 4.50. The van der Waals surface area contributed by atoms with E-state index in [1.54, 1.807) is 11.3 Å². The molecule has 0 spiro atoms. The van der Waals surface area contributed by atoms with Gasteiger partial charge in [-0.25, -0.2) is 0 Å². The number of nitrogens with zero attached hydrogens (tertiary/aromatic N) is 2. The Morgan fingerprint density at radius 3 is 2.76 bits per heavy atom. The summed E-state index contributed by atoms with van der Waals surface area (Å²) in [4.78, 5) is 6.51. The van der Waals surface area contributed by atoms with E-state index in [0.717, 1.165) is 24.7 Å². The molecule has 0 saturated carbocycles. The van der Waals surface area contributed by atoms with Crippen LogP contribution in [-0.4, -0.2) is 54.2 Å². The van der Waals surface area contributed by atoms with E-state index in [0.29, 0.717) is 18.2 Å². The van der Waals surface area contributed by atoms with Gasteiger partial charge < -0.3 is 4.74 Å². The molecule has 0 aromatic carbocycles. The van der Waals surface area contributed by atoms with Crippen molar-refractivity contribution in [1.29, 1.82) is 0 Å². The van der Waals surface area contributed by atoms with E-state index >= 15 is 0 Å². The van der Waals surface area contributed by atoms with Gasteiger partial charge in [0.25, 0.3) is 0 Å². The third-order valence-corrected chi connectivity index (χ3v) is 5.87. The molecule has 0 bridgehead atoms. The van der Waals surface area contributed by atoms with Crippen LogP contribution in [0, 0.1) is 0 Å². The summed E-state index contributed by atoms with van der Waals surface area (Å²) in [5, 5.41) is 3.02. The van der Waals surface area contributed by atoms with E-state index in [4.69, 9.17) is 16.3 Å². The lowest BCUT2D eigenvalue weighted by atomic mass is 10.1. The van der Waals surface area contributed by atoms with Crippen LogP contribution in [0.1, 0.15) is 31.6 Å². The minimum absolute atomic E-state index is 0.357. The molecule has 21 heavy (non-hydrogen) atoms. The zero-order chi connectivity index (χ0) is 14.8. The van der Waals surface area contributed by atoms with Crippen molar-refractivity contribution in [2.75, 3.05) is 26.2 Å². The number of likely N-dealkylation sites (tertiary alicyclic amines) is 1. The van der Waals surface area contributed by atoms with Gasteiger partial charge in [0.2, 0.25) is 0 Å². The van der Waals surface area contributed by atoms with E-state index in [1.807, 2.05) is 6.07 Å². The van der Waals surface area contributed by atoms with Gasteiger partial charge >= 0.3 is 0 Å². The molecule has 0 unspecified atom stereocenters. The van der Waals surface area contributed by atoms with Crippen LogP contribution in [0.3, 0.4) is 0 Å². The van der Waals surface area contributed by atoms with Gasteiger partial charge in [0.1, 0.15) is 0 Å². The van der Waals surface area contributed by atoms with Gasteiger partial charge in [-0.1, -0.05) is 11.6 Å². The highest BCUT2D eigenvalue weighted by Crippen LogP contribution is 2.28. The topological polar surface area (TPSA) is 15.7 Å². The molecular weight excluding hydrogens is 304 g/mol.